The van der Waals surface area contributed by atoms with Crippen LogP contribution in [-0.2, 0) is 13.1 Å². The van der Waals surface area contributed by atoms with Crippen LogP contribution in [0.3, 0.4) is 0 Å². The Balaban J connectivity index is 2.13. The maximum Gasteiger partial charge on any atom is 0.0519 e. The van der Waals surface area contributed by atoms with Crippen LogP contribution in [0, 0.1) is 6.92 Å². The van der Waals surface area contributed by atoms with Gasteiger partial charge in [0.2, 0.25) is 0 Å². The van der Waals surface area contributed by atoms with Crippen molar-refractivity contribution in [1.82, 2.24) is 10.3 Å². The summed E-state index contributed by atoms with van der Waals surface area (Å²) in [5.41, 5.74) is 3.61. The van der Waals surface area contributed by atoms with Crippen molar-refractivity contribution in [2.24, 2.45) is 0 Å². The van der Waals surface area contributed by atoms with E-state index in [1.807, 2.05) is 13.1 Å². The molecule has 4 heteroatoms. The second-order valence-electron chi connectivity index (χ2n) is 5.07. The zero-order valence-corrected chi connectivity index (χ0v) is 13.3. The number of thiophene rings is 1. The molecular weight excluding hydrogens is 266 g/mol. The predicted octanol–water partition coefficient (Wildman–Crippen LogP) is 3.59. The van der Waals surface area contributed by atoms with Gasteiger partial charge in [-0.2, -0.15) is 0 Å². The third-order valence-corrected chi connectivity index (χ3v) is 4.09. The molecule has 0 aliphatic heterocycles. The quantitative estimate of drug-likeness (QED) is 0.790. The summed E-state index contributed by atoms with van der Waals surface area (Å²) in [5.74, 6) is 0. The number of anilines is 1. The highest BCUT2D eigenvalue weighted by atomic mass is 32.1. The first-order valence-electron chi connectivity index (χ1n) is 7.10. The first kappa shape index (κ1) is 15.0. The Morgan fingerprint density at radius 3 is 2.95 bits per heavy atom. The Bertz CT molecular complexity index is 523. The van der Waals surface area contributed by atoms with E-state index in [-0.39, 0.29) is 0 Å². The van der Waals surface area contributed by atoms with E-state index >= 15 is 0 Å². The number of hydrogen-bond donors (Lipinski definition) is 1. The molecule has 0 fully saturated rings. The number of pyridine rings is 1. The lowest BCUT2D eigenvalue weighted by Gasteiger charge is -2.22. The SMILES string of the molecule is CCCNCc1cnc(C)cc1N(C)Cc1cccs1. The smallest absolute Gasteiger partial charge is 0.0519 e. The summed E-state index contributed by atoms with van der Waals surface area (Å²) in [6.45, 7) is 7.10. The molecular formula is C16H23N3S. The number of hydrogen-bond acceptors (Lipinski definition) is 4. The minimum Gasteiger partial charge on any atom is -0.369 e. The van der Waals surface area contributed by atoms with Crippen molar-refractivity contribution >= 4 is 17.0 Å². The molecule has 3 nitrogen and oxygen atoms in total. The molecule has 0 unspecified atom stereocenters. The topological polar surface area (TPSA) is 28.2 Å². The lowest BCUT2D eigenvalue weighted by molar-refractivity contribution is 0.672. The van der Waals surface area contributed by atoms with Crippen LogP contribution >= 0.6 is 11.3 Å². The number of nitrogens with zero attached hydrogens (tertiary/aromatic N) is 2. The molecule has 108 valence electrons. The standard InChI is InChI=1S/C16H23N3S/c1-4-7-17-10-14-11-18-13(2)9-16(14)19(3)12-15-6-5-8-20-15/h5-6,8-9,11,17H,4,7,10,12H2,1-3H3. The summed E-state index contributed by atoms with van der Waals surface area (Å²) in [4.78, 5) is 8.13. The summed E-state index contributed by atoms with van der Waals surface area (Å²) in [7, 11) is 2.15. The van der Waals surface area contributed by atoms with Gasteiger partial charge in [-0.3, -0.25) is 4.98 Å². The van der Waals surface area contributed by atoms with Gasteiger partial charge in [0, 0.05) is 41.6 Å². The van der Waals surface area contributed by atoms with E-state index in [1.165, 1.54) is 16.1 Å². The van der Waals surface area contributed by atoms with Gasteiger partial charge in [-0.1, -0.05) is 13.0 Å². The predicted molar refractivity (Wildman–Crippen MR) is 87.4 cm³/mol. The van der Waals surface area contributed by atoms with Crippen molar-refractivity contribution < 1.29 is 0 Å². The summed E-state index contributed by atoms with van der Waals surface area (Å²) >= 11 is 1.80. The fourth-order valence-corrected chi connectivity index (χ4v) is 2.94. The maximum atomic E-state index is 4.43. The van der Waals surface area contributed by atoms with Gasteiger partial charge in [0.15, 0.2) is 0 Å². The molecule has 0 spiro atoms. The first-order chi connectivity index (χ1) is 9.70. The molecule has 0 atom stereocenters. The van der Waals surface area contributed by atoms with Gasteiger partial charge >= 0.3 is 0 Å². The third-order valence-electron chi connectivity index (χ3n) is 3.23. The number of nitrogens with one attached hydrogen (secondary N) is 1. The zero-order chi connectivity index (χ0) is 14.4. The van der Waals surface area contributed by atoms with Gasteiger partial charge in [-0.05, 0) is 37.4 Å². The van der Waals surface area contributed by atoms with Crippen molar-refractivity contribution in [3.63, 3.8) is 0 Å². The summed E-state index contributed by atoms with van der Waals surface area (Å²) < 4.78 is 0. The number of aromatic nitrogens is 1. The van der Waals surface area contributed by atoms with Crippen molar-refractivity contribution in [2.45, 2.75) is 33.4 Å². The molecule has 0 radical (unpaired) electrons. The molecule has 0 aromatic carbocycles. The van der Waals surface area contributed by atoms with E-state index in [2.05, 4.69) is 52.8 Å². The molecule has 0 bridgehead atoms. The fourth-order valence-electron chi connectivity index (χ4n) is 2.19. The Morgan fingerprint density at radius 2 is 2.25 bits per heavy atom. The molecule has 20 heavy (non-hydrogen) atoms. The van der Waals surface area contributed by atoms with E-state index < -0.39 is 0 Å². The summed E-state index contributed by atoms with van der Waals surface area (Å²) in [6, 6.07) is 6.47. The van der Waals surface area contributed by atoms with E-state index in [9.17, 15) is 0 Å². The maximum absolute atomic E-state index is 4.43. The van der Waals surface area contributed by atoms with Crippen LogP contribution in [0.1, 0.15) is 29.5 Å². The van der Waals surface area contributed by atoms with E-state index in [4.69, 9.17) is 0 Å². The summed E-state index contributed by atoms with van der Waals surface area (Å²) in [6.07, 6.45) is 3.15. The van der Waals surface area contributed by atoms with Gasteiger partial charge < -0.3 is 10.2 Å². The lowest BCUT2D eigenvalue weighted by atomic mass is 10.2. The van der Waals surface area contributed by atoms with Crippen molar-refractivity contribution in [1.29, 1.82) is 0 Å². The van der Waals surface area contributed by atoms with E-state index in [1.54, 1.807) is 11.3 Å². The third kappa shape index (κ3) is 4.05. The largest absolute Gasteiger partial charge is 0.369 e. The summed E-state index contributed by atoms with van der Waals surface area (Å²) in [5, 5.41) is 5.59. The number of rotatable bonds is 7. The average molecular weight is 289 g/mol. The van der Waals surface area contributed by atoms with Crippen molar-refractivity contribution in [3.8, 4) is 0 Å². The fraction of sp³-hybridized carbons (Fsp3) is 0.438. The monoisotopic (exact) mass is 289 g/mol. The molecule has 0 aliphatic rings. The zero-order valence-electron chi connectivity index (χ0n) is 12.5. The minimum atomic E-state index is 0.880. The molecule has 1 N–H and O–H groups in total. The lowest BCUT2D eigenvalue weighted by Crippen LogP contribution is -2.21. The molecule has 2 aromatic heterocycles. The second-order valence-corrected chi connectivity index (χ2v) is 6.10. The van der Waals surface area contributed by atoms with Crippen LogP contribution in [0.5, 0.6) is 0 Å². The highest BCUT2D eigenvalue weighted by Gasteiger charge is 2.09. The van der Waals surface area contributed by atoms with Crippen molar-refractivity contribution in [2.75, 3.05) is 18.5 Å². The Labute approximate surface area is 125 Å². The highest BCUT2D eigenvalue weighted by molar-refractivity contribution is 7.09. The Hall–Kier alpha value is -1.39. The van der Waals surface area contributed by atoms with E-state index in [0.717, 1.165) is 31.7 Å². The molecule has 0 saturated heterocycles. The van der Waals surface area contributed by atoms with Gasteiger partial charge in [0.05, 0.1) is 6.54 Å². The van der Waals surface area contributed by atoms with Gasteiger partial charge in [-0.15, -0.1) is 11.3 Å². The normalized spacial score (nSPS) is 10.8. The Kier molecular flexibility index (Phi) is 5.56. The van der Waals surface area contributed by atoms with Crippen molar-refractivity contribution in [3.05, 3.63) is 45.9 Å². The molecule has 2 aromatic rings. The van der Waals surface area contributed by atoms with Gasteiger partial charge in [-0.25, -0.2) is 0 Å². The van der Waals surface area contributed by atoms with Crippen LogP contribution in [0.15, 0.2) is 29.8 Å². The average Bonchev–Trinajstić information content (AvgIpc) is 2.93. The number of aryl methyl sites for hydroxylation is 1. The molecule has 2 rings (SSSR count). The van der Waals surface area contributed by atoms with Crippen LogP contribution in [-0.4, -0.2) is 18.6 Å². The Morgan fingerprint density at radius 1 is 1.40 bits per heavy atom. The minimum absolute atomic E-state index is 0.880. The molecule has 2 heterocycles. The van der Waals surface area contributed by atoms with Crippen LogP contribution < -0.4 is 10.2 Å². The first-order valence-corrected chi connectivity index (χ1v) is 7.98. The molecule has 0 saturated carbocycles. The van der Waals surface area contributed by atoms with Crippen LogP contribution in [0.25, 0.3) is 0 Å². The highest BCUT2D eigenvalue weighted by Crippen LogP contribution is 2.23. The molecule has 0 aliphatic carbocycles. The van der Waals surface area contributed by atoms with Crippen LogP contribution in [0.4, 0.5) is 5.69 Å². The molecule has 0 amide bonds. The van der Waals surface area contributed by atoms with Gasteiger partial charge in [0.25, 0.3) is 0 Å². The van der Waals surface area contributed by atoms with Crippen LogP contribution in [0.2, 0.25) is 0 Å². The second kappa shape index (κ2) is 7.41. The van der Waals surface area contributed by atoms with Gasteiger partial charge in [0.1, 0.15) is 0 Å². The van der Waals surface area contributed by atoms with E-state index in [0.29, 0.717) is 0 Å².